The fourth-order valence-corrected chi connectivity index (χ4v) is 3.42. The molecule has 0 spiro atoms. The van der Waals surface area contributed by atoms with Crippen LogP contribution in [0.5, 0.6) is 0 Å². The Bertz CT molecular complexity index is 831. The smallest absolute Gasteiger partial charge is 0.214 e. The summed E-state index contributed by atoms with van der Waals surface area (Å²) in [6.45, 7) is 0.638. The minimum atomic E-state index is 0.0739. The zero-order chi connectivity index (χ0) is 16.7. The molecule has 1 unspecified atom stereocenters. The monoisotopic (exact) mass is 339 g/mol. The molecule has 1 fully saturated rings. The van der Waals surface area contributed by atoms with Gasteiger partial charge in [-0.15, -0.1) is 0 Å². The van der Waals surface area contributed by atoms with E-state index < -0.39 is 0 Å². The highest BCUT2D eigenvalue weighted by Crippen LogP contribution is 2.33. The van der Waals surface area contributed by atoms with Crippen LogP contribution in [0.25, 0.3) is 0 Å². The molecule has 1 atom stereocenters. The summed E-state index contributed by atoms with van der Waals surface area (Å²) in [5.74, 6) is 0.815. The van der Waals surface area contributed by atoms with Gasteiger partial charge in [0.15, 0.2) is 0 Å². The maximum Gasteiger partial charge on any atom is 0.214 e. The Morgan fingerprint density at radius 1 is 1.21 bits per heavy atom. The summed E-state index contributed by atoms with van der Waals surface area (Å²) in [6.07, 6.45) is 0.0739. The van der Waals surface area contributed by atoms with Crippen LogP contribution in [0.4, 0.5) is 5.69 Å². The number of anilines is 1. The minimum Gasteiger partial charge on any atom is -0.291 e. The lowest BCUT2D eigenvalue weighted by Gasteiger charge is -2.25. The summed E-state index contributed by atoms with van der Waals surface area (Å²) < 4.78 is 0. The SMILES string of the molecule is CN=C1NN(C)C2CN=C(c3ccccc3)c3cc(Cl)ccc3N12. The van der Waals surface area contributed by atoms with E-state index in [0.717, 1.165) is 28.5 Å². The van der Waals surface area contributed by atoms with E-state index in [4.69, 9.17) is 16.6 Å². The summed E-state index contributed by atoms with van der Waals surface area (Å²) in [5, 5.41) is 2.74. The van der Waals surface area contributed by atoms with Crippen molar-refractivity contribution in [1.29, 1.82) is 0 Å². The van der Waals surface area contributed by atoms with Gasteiger partial charge in [-0.25, -0.2) is 0 Å². The summed E-state index contributed by atoms with van der Waals surface area (Å²) in [6, 6.07) is 16.2. The van der Waals surface area contributed by atoms with E-state index in [1.165, 1.54) is 0 Å². The van der Waals surface area contributed by atoms with Crippen molar-refractivity contribution >= 4 is 29.0 Å². The van der Waals surface area contributed by atoms with Crippen LogP contribution in [0.3, 0.4) is 0 Å². The van der Waals surface area contributed by atoms with Crippen LogP contribution in [0.15, 0.2) is 58.5 Å². The number of fused-ring (bicyclic) bond motifs is 3. The molecule has 0 radical (unpaired) electrons. The highest BCUT2D eigenvalue weighted by atomic mass is 35.5. The highest BCUT2D eigenvalue weighted by Gasteiger charge is 2.38. The van der Waals surface area contributed by atoms with Crippen LogP contribution in [0.1, 0.15) is 11.1 Å². The maximum absolute atomic E-state index is 6.29. The van der Waals surface area contributed by atoms with Gasteiger partial charge in [-0.2, -0.15) is 5.01 Å². The molecule has 1 saturated heterocycles. The van der Waals surface area contributed by atoms with Crippen LogP contribution in [-0.4, -0.2) is 43.5 Å². The number of benzene rings is 2. The summed E-state index contributed by atoms with van der Waals surface area (Å²) >= 11 is 6.29. The largest absolute Gasteiger partial charge is 0.291 e. The van der Waals surface area contributed by atoms with Crippen LogP contribution in [0.2, 0.25) is 5.02 Å². The molecule has 2 aliphatic rings. The van der Waals surface area contributed by atoms with Crippen molar-refractivity contribution in [1.82, 2.24) is 10.4 Å². The third-order valence-corrected chi connectivity index (χ3v) is 4.63. The van der Waals surface area contributed by atoms with Crippen molar-refractivity contribution in [2.24, 2.45) is 9.98 Å². The summed E-state index contributed by atoms with van der Waals surface area (Å²) in [5.41, 5.74) is 7.43. The predicted octanol–water partition coefficient (Wildman–Crippen LogP) is 2.76. The van der Waals surface area contributed by atoms with Gasteiger partial charge >= 0.3 is 0 Å². The second-order valence-electron chi connectivity index (χ2n) is 5.84. The molecule has 2 aliphatic heterocycles. The molecule has 2 heterocycles. The third-order valence-electron chi connectivity index (χ3n) is 4.39. The van der Waals surface area contributed by atoms with Gasteiger partial charge in [0.2, 0.25) is 5.96 Å². The molecule has 4 rings (SSSR count). The zero-order valence-corrected chi connectivity index (χ0v) is 14.3. The fraction of sp³-hybridized carbons (Fsp3) is 0.222. The number of rotatable bonds is 1. The zero-order valence-electron chi connectivity index (χ0n) is 13.6. The number of aliphatic imine (C=N–C) groups is 2. The predicted molar refractivity (Wildman–Crippen MR) is 98.9 cm³/mol. The molecule has 5 nitrogen and oxygen atoms in total. The number of hydrazine groups is 1. The Balaban J connectivity index is 1.93. The van der Waals surface area contributed by atoms with Crippen LogP contribution in [-0.2, 0) is 0 Å². The van der Waals surface area contributed by atoms with Crippen molar-refractivity contribution < 1.29 is 0 Å². The fourth-order valence-electron chi connectivity index (χ4n) is 3.25. The number of hydrogen-bond donors (Lipinski definition) is 1. The molecule has 0 saturated carbocycles. The molecular weight excluding hydrogens is 322 g/mol. The van der Waals surface area contributed by atoms with E-state index in [9.17, 15) is 0 Å². The van der Waals surface area contributed by atoms with Crippen LogP contribution in [0, 0.1) is 0 Å². The van der Waals surface area contributed by atoms with Gasteiger partial charge in [-0.05, 0) is 18.2 Å². The molecule has 24 heavy (non-hydrogen) atoms. The second kappa shape index (κ2) is 5.92. The topological polar surface area (TPSA) is 43.2 Å². The molecule has 6 heteroatoms. The molecule has 0 amide bonds. The van der Waals surface area contributed by atoms with Crippen molar-refractivity contribution in [2.75, 3.05) is 25.5 Å². The molecule has 122 valence electrons. The van der Waals surface area contributed by atoms with E-state index >= 15 is 0 Å². The van der Waals surface area contributed by atoms with Crippen molar-refractivity contribution in [2.45, 2.75) is 6.17 Å². The molecule has 0 aromatic heterocycles. The number of likely N-dealkylation sites (N-methyl/N-ethyl adjacent to an activating group) is 1. The molecule has 1 N–H and O–H groups in total. The molecule has 2 aromatic carbocycles. The van der Waals surface area contributed by atoms with E-state index in [0.29, 0.717) is 11.6 Å². The maximum atomic E-state index is 6.29. The Morgan fingerprint density at radius 3 is 2.75 bits per heavy atom. The normalized spacial score (nSPS) is 21.8. The first-order chi connectivity index (χ1) is 11.7. The first-order valence-corrected chi connectivity index (χ1v) is 8.22. The van der Waals surface area contributed by atoms with E-state index in [-0.39, 0.29) is 6.17 Å². The Kier molecular flexibility index (Phi) is 3.75. The average Bonchev–Trinajstić information content (AvgIpc) is 2.82. The van der Waals surface area contributed by atoms with Gasteiger partial charge in [0.05, 0.1) is 17.9 Å². The first-order valence-electron chi connectivity index (χ1n) is 7.84. The summed E-state index contributed by atoms with van der Waals surface area (Å²) in [7, 11) is 3.80. The number of guanidine groups is 1. The van der Waals surface area contributed by atoms with Crippen molar-refractivity contribution in [3.63, 3.8) is 0 Å². The quantitative estimate of drug-likeness (QED) is 0.868. The standard InChI is InChI=1S/C18H18ClN5/c1-20-18-22-23(2)16-11-21-17(12-6-4-3-5-7-12)14-10-13(19)8-9-15(14)24(16)18/h3-10,16H,11H2,1-2H3,(H,20,22). The van der Waals surface area contributed by atoms with Crippen LogP contribution < -0.4 is 10.3 Å². The lowest BCUT2D eigenvalue weighted by Crippen LogP contribution is -2.40. The van der Waals surface area contributed by atoms with Gasteiger partial charge in [-0.1, -0.05) is 41.9 Å². The van der Waals surface area contributed by atoms with Crippen molar-refractivity contribution in [3.8, 4) is 0 Å². The highest BCUT2D eigenvalue weighted by molar-refractivity contribution is 6.31. The van der Waals surface area contributed by atoms with Gasteiger partial charge in [0, 0.05) is 30.2 Å². The van der Waals surface area contributed by atoms with Crippen molar-refractivity contribution in [3.05, 3.63) is 64.7 Å². The molecule has 0 bridgehead atoms. The Labute approximate surface area is 146 Å². The molecule has 2 aromatic rings. The minimum absolute atomic E-state index is 0.0739. The van der Waals surface area contributed by atoms with Gasteiger partial charge in [0.25, 0.3) is 0 Å². The van der Waals surface area contributed by atoms with E-state index in [1.54, 1.807) is 7.05 Å². The number of halogens is 1. The Morgan fingerprint density at radius 2 is 2.00 bits per heavy atom. The second-order valence-corrected chi connectivity index (χ2v) is 6.27. The number of nitrogens with zero attached hydrogens (tertiary/aromatic N) is 4. The lowest BCUT2D eigenvalue weighted by atomic mass is 10.0. The van der Waals surface area contributed by atoms with E-state index in [2.05, 4.69) is 27.5 Å². The molecular formula is C18H18ClN5. The first kappa shape index (κ1) is 15.2. The number of hydrogen-bond acceptors (Lipinski definition) is 3. The summed E-state index contributed by atoms with van der Waals surface area (Å²) in [4.78, 5) is 11.5. The van der Waals surface area contributed by atoms with Gasteiger partial charge in [0.1, 0.15) is 6.17 Å². The van der Waals surface area contributed by atoms with Gasteiger partial charge in [-0.3, -0.25) is 20.3 Å². The number of nitrogens with one attached hydrogen (secondary N) is 1. The lowest BCUT2D eigenvalue weighted by molar-refractivity contribution is 0.254. The van der Waals surface area contributed by atoms with Crippen LogP contribution >= 0.6 is 11.6 Å². The molecule has 0 aliphatic carbocycles. The van der Waals surface area contributed by atoms with Gasteiger partial charge < -0.3 is 0 Å². The average molecular weight is 340 g/mol. The van der Waals surface area contributed by atoms with E-state index in [1.807, 2.05) is 48.5 Å². The Hall–Kier alpha value is -2.37. The third kappa shape index (κ3) is 2.37.